The summed E-state index contributed by atoms with van der Waals surface area (Å²) in [6.45, 7) is 16.1. The van der Waals surface area contributed by atoms with Crippen molar-refractivity contribution in [3.63, 3.8) is 0 Å². The van der Waals surface area contributed by atoms with Gasteiger partial charge in [0.05, 0.1) is 35.7 Å². The minimum atomic E-state index is 0.0586. The van der Waals surface area contributed by atoms with Crippen molar-refractivity contribution in [3.05, 3.63) is 69.1 Å². The summed E-state index contributed by atoms with van der Waals surface area (Å²) in [6, 6.07) is 0. The molecule has 14 heteroatoms. The fraction of sp³-hybridized carbons (Fsp3) is 0.364. The first-order valence-electron chi connectivity index (χ1n) is 14.6. The van der Waals surface area contributed by atoms with Gasteiger partial charge in [0.15, 0.2) is 34.3 Å². The number of fused-ring (bicyclic) bond motifs is 3. The molecule has 47 heavy (non-hydrogen) atoms. The van der Waals surface area contributed by atoms with E-state index in [4.69, 9.17) is 0 Å². The van der Waals surface area contributed by atoms with E-state index in [1.807, 2.05) is 62.7 Å². The Labute approximate surface area is 297 Å². The number of carbonyl (C=O) groups excluding carboxylic acids is 3. The Kier molecular flexibility index (Phi) is 12.5. The third kappa shape index (κ3) is 7.58. The summed E-state index contributed by atoms with van der Waals surface area (Å²) in [7, 11) is 5.55. The summed E-state index contributed by atoms with van der Waals surface area (Å²) in [5.74, 6) is 0.176. The Hall–Kier alpha value is -3.67. The monoisotopic (exact) mass is 863 g/mol. The molecule has 0 atom stereocenters. The van der Waals surface area contributed by atoms with Crippen LogP contribution in [-0.4, -0.2) is 61.6 Å². The zero-order valence-electron chi connectivity index (χ0n) is 28.7. The average molecular weight is 864 g/mol. The van der Waals surface area contributed by atoms with E-state index in [0.29, 0.717) is 0 Å². The summed E-state index contributed by atoms with van der Waals surface area (Å²) in [4.78, 5) is 47.6. The molecule has 0 aliphatic rings. The third-order valence-corrected chi connectivity index (χ3v) is 8.02. The van der Waals surface area contributed by atoms with Crippen LogP contribution in [0.1, 0.15) is 85.6 Å². The molecule has 0 aliphatic heterocycles. The second kappa shape index (κ2) is 15.5. The fourth-order valence-electron chi connectivity index (χ4n) is 5.90. The van der Waals surface area contributed by atoms with Crippen molar-refractivity contribution in [1.29, 1.82) is 0 Å². The highest BCUT2D eigenvalue weighted by Crippen LogP contribution is 2.24. The first kappa shape index (κ1) is 37.8. The number of aryl methyl sites for hydroxylation is 9. The number of pyridine rings is 3. The molecule has 0 saturated heterocycles. The lowest BCUT2D eigenvalue weighted by atomic mass is 10.0. The quantitative estimate of drug-likeness (QED) is 0.134. The molecule has 6 heterocycles. The van der Waals surface area contributed by atoms with Crippen molar-refractivity contribution in [2.75, 3.05) is 0 Å². The van der Waals surface area contributed by atoms with Crippen molar-refractivity contribution in [3.8, 4) is 0 Å². The van der Waals surface area contributed by atoms with Crippen molar-refractivity contribution < 1.29 is 14.4 Å². The number of carbonyl (C=O) groups is 3. The first-order chi connectivity index (χ1) is 22.1. The van der Waals surface area contributed by atoms with Gasteiger partial charge in [-0.05, 0) is 79.0 Å². The first-order valence-corrected chi connectivity index (χ1v) is 20.9. The Morgan fingerprint density at radius 1 is 0.489 bits per heavy atom. The molecule has 6 aromatic rings. The predicted octanol–water partition coefficient (Wildman–Crippen LogP) is 7.13. The largest absolute Gasteiger partial charge is 0.294 e. The van der Waals surface area contributed by atoms with Crippen molar-refractivity contribution in [2.24, 2.45) is 21.1 Å². The Balaban J connectivity index is 0.000000186. The lowest BCUT2D eigenvalue weighted by Gasteiger charge is -2.06. The minimum absolute atomic E-state index is 0.0586. The topological polar surface area (TPSA) is 143 Å². The molecular formula is C33H39I2N9O3. The van der Waals surface area contributed by atoms with E-state index in [9.17, 15) is 14.4 Å². The van der Waals surface area contributed by atoms with Crippen LogP contribution in [0.4, 0.5) is 0 Å². The second-order valence-electron chi connectivity index (χ2n) is 11.3. The maximum absolute atomic E-state index is 11.5. The van der Waals surface area contributed by atoms with E-state index in [2.05, 4.69) is 67.5 Å². The molecule has 0 spiro atoms. The van der Waals surface area contributed by atoms with Crippen LogP contribution in [0.15, 0.2) is 18.6 Å². The van der Waals surface area contributed by atoms with Crippen LogP contribution in [0, 0.1) is 41.5 Å². The number of Topliss-reactive ketones (excluding diaryl/α,β-unsaturated/α-hetero) is 3. The Bertz CT molecular complexity index is 1920. The molecule has 0 fully saturated rings. The molecule has 0 N–H and O–H groups in total. The van der Waals surface area contributed by atoms with Crippen molar-refractivity contribution in [2.45, 2.75) is 62.3 Å². The maximum Gasteiger partial charge on any atom is 0.161 e. The van der Waals surface area contributed by atoms with Gasteiger partial charge in [-0.25, -0.2) is 15.0 Å². The highest BCUT2D eigenvalue weighted by Gasteiger charge is 2.17. The standard InChI is InChI=1S/3C11H13N3O.I2/c3*1-6-9-5-12-14(4)11(9)13-7(2)10(6)8(3)15;1-2/h3*5H,1-4H3;. The lowest BCUT2D eigenvalue weighted by Crippen LogP contribution is -2.04. The van der Waals surface area contributed by atoms with Gasteiger partial charge in [-0.2, -0.15) is 15.3 Å². The average Bonchev–Trinajstić information content (AvgIpc) is 3.67. The Morgan fingerprint density at radius 2 is 0.702 bits per heavy atom. The van der Waals surface area contributed by atoms with E-state index < -0.39 is 0 Å². The SMILES string of the molecule is CC(=O)c1c(C)nc2c(cnn2C)c1C.CC(=O)c1c(C)nc2c(cnn2C)c1C.CC(=O)c1c(C)nc2c(cnn2C)c1C.II. The minimum Gasteiger partial charge on any atom is -0.294 e. The van der Waals surface area contributed by atoms with E-state index in [1.54, 1.807) is 53.4 Å². The highest BCUT2D eigenvalue weighted by atomic mass is 128. The highest BCUT2D eigenvalue weighted by molar-refractivity contribution is 15.0. The molecule has 6 rings (SSSR count). The van der Waals surface area contributed by atoms with Gasteiger partial charge in [-0.3, -0.25) is 28.4 Å². The number of rotatable bonds is 3. The third-order valence-electron chi connectivity index (χ3n) is 8.02. The second-order valence-corrected chi connectivity index (χ2v) is 11.3. The van der Waals surface area contributed by atoms with E-state index >= 15 is 0 Å². The molecule has 0 unspecified atom stereocenters. The van der Waals surface area contributed by atoms with Crippen LogP contribution in [-0.2, 0) is 21.1 Å². The van der Waals surface area contributed by atoms with Crippen LogP contribution in [0.3, 0.4) is 0 Å². The fourth-order valence-corrected chi connectivity index (χ4v) is 5.90. The summed E-state index contributed by atoms with van der Waals surface area (Å²) in [5, 5.41) is 15.3. The molecule has 248 valence electrons. The molecule has 0 saturated carbocycles. The Morgan fingerprint density at radius 3 is 0.894 bits per heavy atom. The lowest BCUT2D eigenvalue weighted by molar-refractivity contribution is 0.100. The molecule has 0 bridgehead atoms. The zero-order chi connectivity index (χ0) is 35.5. The number of hydrogen-bond acceptors (Lipinski definition) is 9. The van der Waals surface area contributed by atoms with Gasteiger partial charge in [-0.15, -0.1) is 0 Å². The van der Waals surface area contributed by atoms with Crippen molar-refractivity contribution >= 4 is 87.7 Å². The molecule has 0 radical (unpaired) electrons. The summed E-state index contributed by atoms with van der Waals surface area (Å²) in [6.07, 6.45) is 5.26. The van der Waals surface area contributed by atoms with Crippen LogP contribution in [0.5, 0.6) is 0 Å². The van der Waals surface area contributed by atoms with E-state index in [1.165, 1.54) is 0 Å². The van der Waals surface area contributed by atoms with Gasteiger partial charge >= 0.3 is 0 Å². The summed E-state index contributed by atoms with van der Waals surface area (Å²) in [5.41, 5.74) is 9.87. The number of ketones is 3. The van der Waals surface area contributed by atoms with Gasteiger partial charge in [0.2, 0.25) is 0 Å². The van der Waals surface area contributed by atoms with E-state index in [-0.39, 0.29) is 17.3 Å². The zero-order valence-corrected chi connectivity index (χ0v) is 33.1. The number of halogens is 2. The van der Waals surface area contributed by atoms with Crippen LogP contribution in [0.25, 0.3) is 33.1 Å². The van der Waals surface area contributed by atoms with Crippen LogP contribution in [0.2, 0.25) is 0 Å². The van der Waals surface area contributed by atoms with Crippen LogP contribution >= 0.6 is 37.2 Å². The smallest absolute Gasteiger partial charge is 0.161 e. The summed E-state index contributed by atoms with van der Waals surface area (Å²) >= 11 is 4.24. The summed E-state index contributed by atoms with van der Waals surface area (Å²) < 4.78 is 5.16. The molecule has 12 nitrogen and oxygen atoms in total. The molecule has 0 amide bonds. The van der Waals surface area contributed by atoms with E-state index in [0.717, 1.165) is 83.6 Å². The maximum atomic E-state index is 11.5. The number of aromatic nitrogens is 9. The molecule has 0 aromatic carbocycles. The molecule has 0 aliphatic carbocycles. The molecule has 6 aromatic heterocycles. The van der Waals surface area contributed by atoms with Gasteiger partial charge < -0.3 is 0 Å². The molecular weight excluding hydrogens is 824 g/mol. The normalized spacial score (nSPS) is 10.6. The predicted molar refractivity (Wildman–Crippen MR) is 202 cm³/mol. The van der Waals surface area contributed by atoms with Crippen LogP contribution < -0.4 is 0 Å². The van der Waals surface area contributed by atoms with Gasteiger partial charge in [-0.1, -0.05) is 0 Å². The van der Waals surface area contributed by atoms with Gasteiger partial charge in [0.25, 0.3) is 0 Å². The van der Waals surface area contributed by atoms with Gasteiger partial charge in [0, 0.05) is 91.2 Å². The number of hydrogen-bond donors (Lipinski definition) is 0. The van der Waals surface area contributed by atoms with Gasteiger partial charge in [0.1, 0.15) is 0 Å². The number of nitrogens with zero attached hydrogens (tertiary/aromatic N) is 9. The van der Waals surface area contributed by atoms with Crippen molar-refractivity contribution in [1.82, 2.24) is 44.3 Å².